The second kappa shape index (κ2) is 7.97. The van der Waals surface area contributed by atoms with Crippen molar-refractivity contribution in [3.05, 3.63) is 18.5 Å². The molecule has 4 fully saturated rings. The summed E-state index contributed by atoms with van der Waals surface area (Å²) in [6.45, 7) is 5.85. The Morgan fingerprint density at radius 2 is 2.03 bits per heavy atom. The zero-order chi connectivity index (χ0) is 21.8. The number of hydrogen-bond donors (Lipinski definition) is 0. The number of carbonyl (C=O) groups is 1. The van der Waals surface area contributed by atoms with Gasteiger partial charge in [-0.1, -0.05) is 20.3 Å². The lowest BCUT2D eigenvalue weighted by atomic mass is 9.44. The Hall–Kier alpha value is -1.23. The standard InChI is InChI=1S/C26H39FN2O2/c1-17-8-11-26(16-31-3)18(14-17)4-5-19-20-6-7-22(25(20,2)10-9-21(19)26)23(30)15-29-13-12-28-24(29)27/h12-13,17-22H,4-11,14-16H2,1-3H3/t17?,18?,19?,20?,21?,22-,25?,26?/m1/s1. The molecule has 8 atom stereocenters. The highest BCUT2D eigenvalue weighted by Gasteiger charge is 2.62. The average Bonchev–Trinajstić information content (AvgIpc) is 3.31. The van der Waals surface area contributed by atoms with Gasteiger partial charge in [-0.25, -0.2) is 4.98 Å². The van der Waals surface area contributed by atoms with Crippen molar-refractivity contribution in [2.45, 2.75) is 78.2 Å². The first-order valence-corrected chi connectivity index (χ1v) is 12.6. The minimum absolute atomic E-state index is 0.0581. The van der Waals surface area contributed by atoms with Gasteiger partial charge in [0.2, 0.25) is 0 Å². The molecule has 4 aliphatic carbocycles. The van der Waals surface area contributed by atoms with Crippen LogP contribution in [0.2, 0.25) is 0 Å². The monoisotopic (exact) mass is 430 g/mol. The maximum atomic E-state index is 13.8. The van der Waals surface area contributed by atoms with Gasteiger partial charge in [-0.15, -0.1) is 0 Å². The van der Waals surface area contributed by atoms with Crippen LogP contribution in [-0.2, 0) is 16.1 Å². The molecule has 0 aromatic carbocycles. The van der Waals surface area contributed by atoms with Gasteiger partial charge in [-0.05, 0) is 91.8 Å². The topological polar surface area (TPSA) is 44.1 Å². The van der Waals surface area contributed by atoms with Crippen molar-refractivity contribution in [1.82, 2.24) is 9.55 Å². The summed E-state index contributed by atoms with van der Waals surface area (Å²) in [5.74, 6) is 4.01. The molecule has 31 heavy (non-hydrogen) atoms. The first-order valence-electron chi connectivity index (χ1n) is 12.6. The van der Waals surface area contributed by atoms with Gasteiger partial charge >= 0.3 is 0 Å². The molecule has 0 amide bonds. The molecule has 7 unspecified atom stereocenters. The van der Waals surface area contributed by atoms with Gasteiger partial charge in [-0.2, -0.15) is 4.39 Å². The summed E-state index contributed by atoms with van der Waals surface area (Å²) < 4.78 is 21.1. The molecule has 5 rings (SSSR count). The van der Waals surface area contributed by atoms with Gasteiger partial charge in [0.1, 0.15) is 0 Å². The highest BCUT2D eigenvalue weighted by molar-refractivity contribution is 5.82. The molecule has 0 aliphatic heterocycles. The quantitative estimate of drug-likeness (QED) is 0.618. The van der Waals surface area contributed by atoms with Gasteiger partial charge in [0, 0.05) is 25.4 Å². The van der Waals surface area contributed by atoms with E-state index in [2.05, 4.69) is 18.8 Å². The Balaban J connectivity index is 1.38. The molecule has 4 nitrogen and oxygen atoms in total. The van der Waals surface area contributed by atoms with Crippen molar-refractivity contribution in [1.29, 1.82) is 0 Å². The van der Waals surface area contributed by atoms with E-state index < -0.39 is 6.08 Å². The Morgan fingerprint density at radius 1 is 1.19 bits per heavy atom. The molecule has 0 N–H and O–H groups in total. The summed E-state index contributed by atoms with van der Waals surface area (Å²) in [6, 6.07) is 0. The molecule has 4 saturated carbocycles. The van der Waals surface area contributed by atoms with E-state index in [1.54, 1.807) is 6.20 Å². The number of imidazole rings is 1. The van der Waals surface area contributed by atoms with Crippen molar-refractivity contribution in [2.75, 3.05) is 13.7 Å². The number of ketones is 1. The fraction of sp³-hybridized carbons (Fsp3) is 0.846. The van der Waals surface area contributed by atoms with E-state index in [4.69, 9.17) is 4.74 Å². The summed E-state index contributed by atoms with van der Waals surface area (Å²) in [5.41, 5.74) is 0.423. The lowest BCUT2D eigenvalue weighted by molar-refractivity contribution is -0.154. The fourth-order valence-electron chi connectivity index (χ4n) is 9.05. The van der Waals surface area contributed by atoms with Crippen LogP contribution in [0.5, 0.6) is 0 Å². The predicted molar refractivity (Wildman–Crippen MR) is 118 cm³/mol. The van der Waals surface area contributed by atoms with Crippen LogP contribution in [-0.4, -0.2) is 29.1 Å². The maximum Gasteiger partial charge on any atom is 0.289 e. The first kappa shape index (κ1) is 21.6. The van der Waals surface area contributed by atoms with Gasteiger partial charge in [-0.3, -0.25) is 4.79 Å². The molecule has 172 valence electrons. The average molecular weight is 431 g/mol. The van der Waals surface area contributed by atoms with E-state index in [0.29, 0.717) is 11.3 Å². The highest BCUT2D eigenvalue weighted by Crippen LogP contribution is 2.68. The van der Waals surface area contributed by atoms with Crippen molar-refractivity contribution in [2.24, 2.45) is 46.3 Å². The molecule has 4 aliphatic rings. The highest BCUT2D eigenvalue weighted by atomic mass is 19.1. The van der Waals surface area contributed by atoms with Crippen LogP contribution in [0.15, 0.2) is 12.4 Å². The van der Waals surface area contributed by atoms with Crippen molar-refractivity contribution >= 4 is 5.78 Å². The number of fused-ring (bicyclic) bond motifs is 5. The zero-order valence-electron chi connectivity index (χ0n) is 19.5. The van der Waals surface area contributed by atoms with Crippen molar-refractivity contribution in [3.8, 4) is 0 Å². The van der Waals surface area contributed by atoms with Crippen molar-refractivity contribution in [3.63, 3.8) is 0 Å². The minimum atomic E-state index is -0.553. The molecule has 0 spiro atoms. The lowest BCUT2D eigenvalue weighted by Crippen LogP contribution is -2.56. The number of Topliss-reactive ketones (excluding diaryl/α,β-unsaturated/α-hetero) is 1. The number of methoxy groups -OCH3 is 1. The van der Waals surface area contributed by atoms with Crippen LogP contribution in [0.3, 0.4) is 0 Å². The number of carbonyl (C=O) groups excluding carboxylic acids is 1. The third kappa shape index (κ3) is 3.32. The molecular formula is C26H39FN2O2. The predicted octanol–water partition coefficient (Wildman–Crippen LogP) is 5.51. The van der Waals surface area contributed by atoms with E-state index in [0.717, 1.165) is 49.5 Å². The van der Waals surface area contributed by atoms with Crippen molar-refractivity contribution < 1.29 is 13.9 Å². The van der Waals surface area contributed by atoms with E-state index >= 15 is 0 Å². The lowest BCUT2D eigenvalue weighted by Gasteiger charge is -2.61. The van der Waals surface area contributed by atoms with Gasteiger partial charge < -0.3 is 9.30 Å². The van der Waals surface area contributed by atoms with Gasteiger partial charge in [0.25, 0.3) is 6.08 Å². The minimum Gasteiger partial charge on any atom is -0.384 e. The van der Waals surface area contributed by atoms with E-state index in [1.807, 2.05) is 7.11 Å². The third-order valence-electron chi connectivity index (χ3n) is 10.4. The number of ether oxygens (including phenoxy) is 1. The van der Waals surface area contributed by atoms with E-state index in [9.17, 15) is 9.18 Å². The van der Waals surface area contributed by atoms with E-state index in [-0.39, 0.29) is 23.7 Å². The third-order valence-corrected chi connectivity index (χ3v) is 10.4. The fourth-order valence-corrected chi connectivity index (χ4v) is 9.05. The summed E-state index contributed by atoms with van der Waals surface area (Å²) in [7, 11) is 1.89. The largest absolute Gasteiger partial charge is 0.384 e. The SMILES string of the molecule is COCC12CCC(C)CC1CCC1C2CCC2(C)C1CC[C@@H]2C(=O)Cn1ccnc1F. The van der Waals surface area contributed by atoms with Crippen LogP contribution in [0.1, 0.15) is 71.6 Å². The second-order valence-electron chi connectivity index (χ2n) is 11.7. The summed E-state index contributed by atoms with van der Waals surface area (Å²) in [6.07, 6.45) is 13.6. The number of hydrogen-bond acceptors (Lipinski definition) is 3. The number of aromatic nitrogens is 2. The molecule has 0 bridgehead atoms. The Morgan fingerprint density at radius 3 is 2.77 bits per heavy atom. The van der Waals surface area contributed by atoms with Gasteiger partial charge in [0.15, 0.2) is 5.78 Å². The van der Waals surface area contributed by atoms with Crippen LogP contribution >= 0.6 is 0 Å². The molecule has 1 heterocycles. The summed E-state index contributed by atoms with van der Waals surface area (Å²) in [4.78, 5) is 16.9. The molecule has 1 aromatic heterocycles. The van der Waals surface area contributed by atoms with E-state index in [1.165, 1.54) is 49.3 Å². The Kier molecular flexibility index (Phi) is 5.55. The van der Waals surface area contributed by atoms with Crippen LogP contribution in [0, 0.1) is 52.4 Å². The number of halogens is 1. The zero-order valence-corrected chi connectivity index (χ0v) is 19.5. The summed E-state index contributed by atoms with van der Waals surface area (Å²) >= 11 is 0. The van der Waals surface area contributed by atoms with Crippen LogP contribution < -0.4 is 0 Å². The van der Waals surface area contributed by atoms with Crippen LogP contribution in [0.4, 0.5) is 4.39 Å². The molecule has 5 heteroatoms. The normalized spacial score (nSPS) is 44.4. The number of rotatable bonds is 5. The van der Waals surface area contributed by atoms with Crippen LogP contribution in [0.25, 0.3) is 0 Å². The van der Waals surface area contributed by atoms with Gasteiger partial charge in [0.05, 0.1) is 13.2 Å². The molecule has 0 radical (unpaired) electrons. The Labute approximate surface area is 186 Å². The summed E-state index contributed by atoms with van der Waals surface area (Å²) in [5, 5.41) is 0. The number of nitrogens with zero attached hydrogens (tertiary/aromatic N) is 2. The Bertz CT molecular complexity index is 824. The molecular weight excluding hydrogens is 391 g/mol. The second-order valence-corrected chi connectivity index (χ2v) is 11.7. The molecule has 1 aromatic rings. The smallest absolute Gasteiger partial charge is 0.289 e. The maximum absolute atomic E-state index is 13.8. The molecule has 0 saturated heterocycles. The first-order chi connectivity index (χ1) is 14.9.